The molecule has 0 fully saturated rings. The van der Waals surface area contributed by atoms with E-state index in [-0.39, 0.29) is 80.9 Å². The zero-order valence-electron chi connectivity index (χ0n) is 5.46. The van der Waals surface area contributed by atoms with Crippen LogP contribution in [-0.4, -0.2) is 80.9 Å². The second-order valence-corrected chi connectivity index (χ2v) is 1.15. The first kappa shape index (κ1) is 12.5. The minimum atomic E-state index is 0. The van der Waals surface area contributed by atoms with Crippen LogP contribution in [0, 0.1) is 0 Å². The van der Waals surface area contributed by atoms with Crippen LogP contribution in [0.15, 0.2) is 36.4 Å². The van der Waals surface area contributed by atoms with Crippen molar-refractivity contribution >= 4 is 80.9 Å². The van der Waals surface area contributed by atoms with Gasteiger partial charge >= 0.3 is 0 Å². The first-order valence-corrected chi connectivity index (χ1v) is 2.00. The van der Waals surface area contributed by atoms with Crippen molar-refractivity contribution in [2.75, 3.05) is 0 Å². The second kappa shape index (κ2) is 8.86. The second-order valence-electron chi connectivity index (χ2n) is 1.15. The quantitative estimate of drug-likeness (QED) is 0.470. The molecule has 0 aliphatic heterocycles. The first-order chi connectivity index (χ1) is 3.00. The van der Waals surface area contributed by atoms with Gasteiger partial charge in [0.1, 0.15) is 0 Å². The Bertz CT molecular complexity index is 80.5. The minimum Gasteiger partial charge on any atom is -0.0623 e. The Morgan fingerprint density at radius 3 is 0.750 bits per heavy atom. The van der Waals surface area contributed by atoms with Crippen LogP contribution in [-0.2, 0) is 0 Å². The Kier molecular flexibility index (Phi) is 13.9. The molecule has 0 aliphatic rings. The summed E-state index contributed by atoms with van der Waals surface area (Å²) in [5, 5.41) is 0. The third kappa shape index (κ3) is 5.98. The van der Waals surface area contributed by atoms with E-state index in [1.807, 2.05) is 36.4 Å². The summed E-state index contributed by atoms with van der Waals surface area (Å²) in [6.45, 7) is 0. The normalized spacial score (nSPS) is 6.00. The van der Waals surface area contributed by atoms with Crippen molar-refractivity contribution in [3.8, 4) is 0 Å². The molecule has 0 bridgehead atoms. The molecule has 2 heteroatoms. The van der Waals surface area contributed by atoms with Crippen LogP contribution in [0.5, 0.6) is 0 Å². The van der Waals surface area contributed by atoms with E-state index in [2.05, 4.69) is 0 Å². The summed E-state index contributed by atoms with van der Waals surface area (Å²) in [5.74, 6) is 0. The zero-order chi connectivity index (χ0) is 4.24. The number of hydrogen-bond donors (Lipinski definition) is 0. The molecule has 1 aromatic rings. The van der Waals surface area contributed by atoms with Crippen molar-refractivity contribution in [1.82, 2.24) is 0 Å². The predicted molar refractivity (Wildman–Crippen MR) is 38.0 cm³/mol. The van der Waals surface area contributed by atoms with Crippen LogP contribution in [0.1, 0.15) is 0 Å². The molecule has 1 rings (SSSR count). The summed E-state index contributed by atoms with van der Waals surface area (Å²) in [6, 6.07) is 12.0. The van der Waals surface area contributed by atoms with Crippen LogP contribution in [0.2, 0.25) is 0 Å². The summed E-state index contributed by atoms with van der Waals surface area (Å²) < 4.78 is 0. The van der Waals surface area contributed by atoms with Gasteiger partial charge < -0.3 is 0 Å². The smallest absolute Gasteiger partial charge is 0 e. The van der Waals surface area contributed by atoms with Gasteiger partial charge in [-0.05, 0) is 0 Å². The monoisotopic (exact) mass is 140 g/mol. The molecule has 1 aromatic carbocycles. The van der Waals surface area contributed by atoms with E-state index < -0.39 is 0 Å². The van der Waals surface area contributed by atoms with Crippen molar-refractivity contribution in [2.45, 2.75) is 0 Å². The van der Waals surface area contributed by atoms with Gasteiger partial charge in [-0.2, -0.15) is 0 Å². The van der Waals surface area contributed by atoms with Gasteiger partial charge in [0, 0.05) is 80.9 Å². The molecular weight excluding hydrogens is 134 g/mol. The van der Waals surface area contributed by atoms with Crippen molar-refractivity contribution < 1.29 is 0 Å². The van der Waals surface area contributed by atoms with Gasteiger partial charge in [-0.25, -0.2) is 0 Å². The van der Waals surface area contributed by atoms with Gasteiger partial charge in [-0.15, -0.1) is 0 Å². The van der Waals surface area contributed by atoms with Crippen molar-refractivity contribution in [1.29, 1.82) is 0 Å². The molecule has 2 radical (unpaired) electrons. The standard InChI is InChI=1S/C6H6.K.Na/c1-2-4-6-5-3-1;;/h1-6H;;. The third-order valence-electron chi connectivity index (χ3n) is 0.667. The molecule has 8 heavy (non-hydrogen) atoms. The van der Waals surface area contributed by atoms with E-state index >= 15 is 0 Å². The fraction of sp³-hybridized carbons (Fsp3) is 0. The molecule has 0 aromatic heterocycles. The molecule has 0 unspecified atom stereocenters. The summed E-state index contributed by atoms with van der Waals surface area (Å²) in [4.78, 5) is 0. The maximum absolute atomic E-state index is 2.00. The van der Waals surface area contributed by atoms with Gasteiger partial charge in [0.05, 0.1) is 0 Å². The SMILES string of the molecule is [K].[Na].c1ccccc1. The maximum Gasteiger partial charge on any atom is 0 e. The largest absolute Gasteiger partial charge is 0.0623 e. The summed E-state index contributed by atoms with van der Waals surface area (Å²) >= 11 is 0. The fourth-order valence-electron chi connectivity index (χ4n) is 0.385. The van der Waals surface area contributed by atoms with Gasteiger partial charge in [0.15, 0.2) is 0 Å². The van der Waals surface area contributed by atoms with Gasteiger partial charge in [0.2, 0.25) is 0 Å². The molecule has 0 nitrogen and oxygen atoms in total. The van der Waals surface area contributed by atoms with Crippen LogP contribution >= 0.6 is 0 Å². The fourth-order valence-corrected chi connectivity index (χ4v) is 0.385. The summed E-state index contributed by atoms with van der Waals surface area (Å²) in [7, 11) is 0. The van der Waals surface area contributed by atoms with E-state index in [1.54, 1.807) is 0 Å². The summed E-state index contributed by atoms with van der Waals surface area (Å²) in [6.07, 6.45) is 0. The third-order valence-corrected chi connectivity index (χ3v) is 0.667. The van der Waals surface area contributed by atoms with Crippen LogP contribution in [0.4, 0.5) is 0 Å². The maximum atomic E-state index is 2.00. The molecular formula is C6H6KNa. The molecule has 0 spiro atoms. The van der Waals surface area contributed by atoms with Gasteiger partial charge in [-0.3, -0.25) is 0 Å². The van der Waals surface area contributed by atoms with Gasteiger partial charge in [-0.1, -0.05) is 36.4 Å². The molecule has 0 amide bonds. The van der Waals surface area contributed by atoms with Crippen LogP contribution < -0.4 is 0 Å². The van der Waals surface area contributed by atoms with Crippen molar-refractivity contribution in [3.05, 3.63) is 36.4 Å². The average Bonchev–Trinajstić information content (AvgIpc) is 1.72. The Morgan fingerprint density at radius 2 is 0.625 bits per heavy atom. The van der Waals surface area contributed by atoms with Gasteiger partial charge in [0.25, 0.3) is 0 Å². The Morgan fingerprint density at radius 1 is 0.500 bits per heavy atom. The van der Waals surface area contributed by atoms with Crippen LogP contribution in [0.25, 0.3) is 0 Å². The molecule has 0 saturated carbocycles. The zero-order valence-corrected chi connectivity index (χ0v) is 10.6. The average molecular weight is 140 g/mol. The minimum absolute atomic E-state index is 0. The Balaban J connectivity index is 0. The molecule has 0 aliphatic carbocycles. The Labute approximate surface area is 115 Å². The van der Waals surface area contributed by atoms with E-state index in [4.69, 9.17) is 0 Å². The van der Waals surface area contributed by atoms with Crippen LogP contribution in [0.3, 0.4) is 0 Å². The molecule has 0 N–H and O–H groups in total. The van der Waals surface area contributed by atoms with E-state index in [0.717, 1.165) is 0 Å². The molecule has 0 heterocycles. The first-order valence-electron chi connectivity index (χ1n) is 2.00. The van der Waals surface area contributed by atoms with Crippen molar-refractivity contribution in [3.63, 3.8) is 0 Å². The number of benzene rings is 1. The molecule has 0 saturated heterocycles. The molecule has 32 valence electrons. The van der Waals surface area contributed by atoms with E-state index in [0.29, 0.717) is 0 Å². The Hall–Kier alpha value is 1.86. The topological polar surface area (TPSA) is 0 Å². The van der Waals surface area contributed by atoms with E-state index in [1.165, 1.54) is 0 Å². The molecule has 0 atom stereocenters. The number of rotatable bonds is 0. The summed E-state index contributed by atoms with van der Waals surface area (Å²) in [5.41, 5.74) is 0. The number of hydrogen-bond acceptors (Lipinski definition) is 0. The predicted octanol–water partition coefficient (Wildman–Crippen LogP) is 0.925. The van der Waals surface area contributed by atoms with E-state index in [9.17, 15) is 0 Å². The van der Waals surface area contributed by atoms with Crippen molar-refractivity contribution in [2.24, 2.45) is 0 Å².